The second-order valence-electron chi connectivity index (χ2n) is 5.13. The van der Waals surface area contributed by atoms with Crippen LogP contribution < -0.4 is 11.1 Å². The number of rotatable bonds is 5. The van der Waals surface area contributed by atoms with Crippen LogP contribution in [0.2, 0.25) is 0 Å². The smallest absolute Gasteiger partial charge is 0.222 e. The Morgan fingerprint density at radius 3 is 2.84 bits per heavy atom. The van der Waals surface area contributed by atoms with E-state index in [1.807, 2.05) is 37.3 Å². The van der Waals surface area contributed by atoms with Crippen LogP contribution in [0.25, 0.3) is 0 Å². The lowest BCUT2D eigenvalue weighted by atomic mass is 10.0. The topological polar surface area (TPSA) is 64.4 Å². The van der Waals surface area contributed by atoms with E-state index in [-0.39, 0.29) is 24.1 Å². The standard InChI is InChI=1S/C15H22N2O2/c1-11(14-8-5-9-19-14)17-15(18)10-13(16)12-6-3-2-4-7-12/h2-4,6-7,11,13-14H,5,8-10,16H2,1H3,(H,17,18)/t11-,13-,14+/m0/s1. The molecule has 19 heavy (non-hydrogen) atoms. The molecule has 0 aliphatic carbocycles. The molecule has 1 aliphatic rings. The molecule has 0 spiro atoms. The van der Waals surface area contributed by atoms with Crippen LogP contribution in [0, 0.1) is 0 Å². The zero-order valence-electron chi connectivity index (χ0n) is 11.3. The first-order valence-corrected chi connectivity index (χ1v) is 6.88. The van der Waals surface area contributed by atoms with Crippen molar-refractivity contribution in [3.05, 3.63) is 35.9 Å². The fraction of sp³-hybridized carbons (Fsp3) is 0.533. The largest absolute Gasteiger partial charge is 0.376 e. The van der Waals surface area contributed by atoms with Crippen molar-refractivity contribution >= 4 is 5.91 Å². The van der Waals surface area contributed by atoms with Gasteiger partial charge in [0, 0.05) is 19.1 Å². The zero-order chi connectivity index (χ0) is 13.7. The van der Waals surface area contributed by atoms with E-state index in [2.05, 4.69) is 5.32 Å². The third-order valence-electron chi connectivity index (χ3n) is 3.54. The molecule has 0 bridgehead atoms. The summed E-state index contributed by atoms with van der Waals surface area (Å²) in [6.45, 7) is 2.79. The van der Waals surface area contributed by atoms with Crippen molar-refractivity contribution < 1.29 is 9.53 Å². The molecule has 0 saturated carbocycles. The predicted octanol–water partition coefficient (Wildman–Crippen LogP) is 1.76. The van der Waals surface area contributed by atoms with E-state index in [1.54, 1.807) is 0 Å². The van der Waals surface area contributed by atoms with Crippen molar-refractivity contribution in [2.24, 2.45) is 5.73 Å². The minimum atomic E-state index is -0.252. The molecule has 2 rings (SSSR count). The third-order valence-corrected chi connectivity index (χ3v) is 3.54. The monoisotopic (exact) mass is 262 g/mol. The molecular formula is C15H22N2O2. The molecule has 1 aromatic rings. The van der Waals surface area contributed by atoms with Crippen LogP contribution in [-0.2, 0) is 9.53 Å². The summed E-state index contributed by atoms with van der Waals surface area (Å²) in [5.74, 6) is -0.0145. The first-order chi connectivity index (χ1) is 9.16. The van der Waals surface area contributed by atoms with Crippen molar-refractivity contribution in [1.29, 1.82) is 0 Å². The number of hydrogen-bond donors (Lipinski definition) is 2. The molecule has 1 aromatic carbocycles. The minimum Gasteiger partial charge on any atom is -0.376 e. The first-order valence-electron chi connectivity index (χ1n) is 6.88. The number of nitrogens with two attached hydrogens (primary N) is 1. The first kappa shape index (κ1) is 14.0. The van der Waals surface area contributed by atoms with Gasteiger partial charge >= 0.3 is 0 Å². The number of benzene rings is 1. The number of carbonyl (C=O) groups excluding carboxylic acids is 1. The molecule has 1 fully saturated rings. The van der Waals surface area contributed by atoms with Gasteiger partial charge < -0.3 is 15.8 Å². The van der Waals surface area contributed by atoms with Gasteiger partial charge in [-0.15, -0.1) is 0 Å². The third kappa shape index (κ3) is 4.04. The summed E-state index contributed by atoms with van der Waals surface area (Å²) in [7, 11) is 0. The molecule has 1 aliphatic heterocycles. The fourth-order valence-electron chi connectivity index (χ4n) is 2.42. The van der Waals surface area contributed by atoms with Crippen molar-refractivity contribution in [3.63, 3.8) is 0 Å². The number of hydrogen-bond acceptors (Lipinski definition) is 3. The van der Waals surface area contributed by atoms with Gasteiger partial charge in [-0.3, -0.25) is 4.79 Å². The van der Waals surface area contributed by atoms with Gasteiger partial charge in [-0.25, -0.2) is 0 Å². The average Bonchev–Trinajstić information content (AvgIpc) is 2.93. The van der Waals surface area contributed by atoms with E-state index in [1.165, 1.54) is 0 Å². The lowest BCUT2D eigenvalue weighted by Gasteiger charge is -2.21. The summed E-state index contributed by atoms with van der Waals surface area (Å²) < 4.78 is 5.56. The van der Waals surface area contributed by atoms with E-state index in [0.29, 0.717) is 6.42 Å². The van der Waals surface area contributed by atoms with Gasteiger partial charge in [0.2, 0.25) is 5.91 Å². The second-order valence-corrected chi connectivity index (χ2v) is 5.13. The maximum absolute atomic E-state index is 11.9. The maximum Gasteiger partial charge on any atom is 0.222 e. The number of nitrogens with one attached hydrogen (secondary N) is 1. The SMILES string of the molecule is C[C@H](NC(=O)C[C@H](N)c1ccccc1)[C@H]1CCCO1. The van der Waals surface area contributed by atoms with Gasteiger partial charge in [0.25, 0.3) is 0 Å². The minimum absolute atomic E-state index is 0.0145. The van der Waals surface area contributed by atoms with Gasteiger partial charge in [0.05, 0.1) is 12.1 Å². The summed E-state index contributed by atoms with van der Waals surface area (Å²) in [5.41, 5.74) is 7.02. The Kier molecular flexibility index (Phi) is 4.93. The van der Waals surface area contributed by atoms with Crippen molar-refractivity contribution in [2.75, 3.05) is 6.61 Å². The van der Waals surface area contributed by atoms with Crippen molar-refractivity contribution in [3.8, 4) is 0 Å². The highest BCUT2D eigenvalue weighted by Gasteiger charge is 2.24. The molecular weight excluding hydrogens is 240 g/mol. The maximum atomic E-state index is 11.9. The Morgan fingerprint density at radius 1 is 1.47 bits per heavy atom. The highest BCUT2D eigenvalue weighted by Crippen LogP contribution is 2.17. The lowest BCUT2D eigenvalue weighted by Crippen LogP contribution is -2.41. The van der Waals surface area contributed by atoms with Gasteiger partial charge in [-0.05, 0) is 25.3 Å². The predicted molar refractivity (Wildman–Crippen MR) is 74.6 cm³/mol. The molecule has 4 heteroatoms. The van der Waals surface area contributed by atoms with Crippen LogP contribution in [-0.4, -0.2) is 24.7 Å². The molecule has 1 heterocycles. The number of ether oxygens (including phenoxy) is 1. The van der Waals surface area contributed by atoms with Crippen LogP contribution in [0.5, 0.6) is 0 Å². The highest BCUT2D eigenvalue weighted by molar-refractivity contribution is 5.77. The van der Waals surface area contributed by atoms with Gasteiger partial charge in [-0.2, -0.15) is 0 Å². The Balaban J connectivity index is 1.80. The summed E-state index contributed by atoms with van der Waals surface area (Å²) in [5, 5.41) is 2.98. The van der Waals surface area contributed by atoms with Gasteiger partial charge in [-0.1, -0.05) is 30.3 Å². The molecule has 0 radical (unpaired) electrons. The van der Waals surface area contributed by atoms with Crippen LogP contribution in [0.3, 0.4) is 0 Å². The molecule has 3 atom stereocenters. The van der Waals surface area contributed by atoms with E-state index >= 15 is 0 Å². The number of amides is 1. The molecule has 4 nitrogen and oxygen atoms in total. The fourth-order valence-corrected chi connectivity index (χ4v) is 2.42. The Labute approximate surface area is 114 Å². The summed E-state index contributed by atoms with van der Waals surface area (Å²) in [6.07, 6.45) is 2.55. The molecule has 3 N–H and O–H groups in total. The molecule has 1 saturated heterocycles. The van der Waals surface area contributed by atoms with Crippen LogP contribution in [0.4, 0.5) is 0 Å². The Hall–Kier alpha value is -1.39. The van der Waals surface area contributed by atoms with Crippen LogP contribution in [0.1, 0.15) is 37.8 Å². The van der Waals surface area contributed by atoms with Gasteiger partial charge in [0.1, 0.15) is 0 Å². The van der Waals surface area contributed by atoms with E-state index in [4.69, 9.17) is 10.5 Å². The van der Waals surface area contributed by atoms with E-state index in [9.17, 15) is 4.79 Å². The Morgan fingerprint density at radius 2 is 2.21 bits per heavy atom. The normalized spacial score (nSPS) is 21.9. The highest BCUT2D eigenvalue weighted by atomic mass is 16.5. The molecule has 1 amide bonds. The molecule has 104 valence electrons. The van der Waals surface area contributed by atoms with Gasteiger partial charge in [0.15, 0.2) is 0 Å². The van der Waals surface area contributed by atoms with E-state index < -0.39 is 0 Å². The lowest BCUT2D eigenvalue weighted by molar-refractivity contribution is -0.122. The number of carbonyl (C=O) groups is 1. The summed E-state index contributed by atoms with van der Waals surface area (Å²) >= 11 is 0. The summed E-state index contributed by atoms with van der Waals surface area (Å²) in [4.78, 5) is 11.9. The van der Waals surface area contributed by atoms with Crippen LogP contribution in [0.15, 0.2) is 30.3 Å². The molecule has 0 aromatic heterocycles. The van der Waals surface area contributed by atoms with Crippen molar-refractivity contribution in [2.45, 2.75) is 44.4 Å². The van der Waals surface area contributed by atoms with Crippen molar-refractivity contribution in [1.82, 2.24) is 5.32 Å². The van der Waals surface area contributed by atoms with E-state index in [0.717, 1.165) is 25.0 Å². The summed E-state index contributed by atoms with van der Waals surface area (Å²) in [6, 6.07) is 9.50. The zero-order valence-corrected chi connectivity index (χ0v) is 11.3. The quantitative estimate of drug-likeness (QED) is 0.850. The molecule has 0 unspecified atom stereocenters. The average molecular weight is 262 g/mol. The second kappa shape index (κ2) is 6.68. The van der Waals surface area contributed by atoms with Crippen LogP contribution >= 0.6 is 0 Å². The Bertz CT molecular complexity index is 402.